The number of hydrogen-bond donors (Lipinski definition) is 0. The number of benzene rings is 2. The van der Waals surface area contributed by atoms with E-state index in [-0.39, 0.29) is 0 Å². The van der Waals surface area contributed by atoms with Crippen LogP contribution in [-0.4, -0.2) is 7.05 Å². The van der Waals surface area contributed by atoms with Gasteiger partial charge in [-0.2, -0.15) is 0 Å². The molecule has 2 rings (SSSR count). The van der Waals surface area contributed by atoms with Crippen LogP contribution in [0.15, 0.2) is 116 Å². The Kier molecular flexibility index (Phi) is 5.75. The summed E-state index contributed by atoms with van der Waals surface area (Å²) in [6, 6.07) is 14.7. The van der Waals surface area contributed by atoms with E-state index in [1.54, 1.807) is 6.08 Å². The Bertz CT molecular complexity index is 849. The Morgan fingerprint density at radius 2 is 1.54 bits per heavy atom. The molecular formula is C23H23N. The van der Waals surface area contributed by atoms with Crippen molar-refractivity contribution >= 4 is 16.5 Å². The molecule has 120 valence electrons. The molecule has 0 atom stereocenters. The predicted molar refractivity (Wildman–Crippen MR) is 108 cm³/mol. The van der Waals surface area contributed by atoms with E-state index in [0.717, 1.165) is 22.5 Å². The average molecular weight is 313 g/mol. The topological polar surface area (TPSA) is 3.24 Å². The van der Waals surface area contributed by atoms with Crippen LogP contribution in [0.25, 0.3) is 10.8 Å². The molecule has 0 saturated heterocycles. The van der Waals surface area contributed by atoms with Crippen LogP contribution in [0.2, 0.25) is 0 Å². The van der Waals surface area contributed by atoms with E-state index < -0.39 is 0 Å². The molecule has 0 spiro atoms. The summed E-state index contributed by atoms with van der Waals surface area (Å²) in [5.41, 5.74) is 3.68. The van der Waals surface area contributed by atoms with E-state index in [0.29, 0.717) is 0 Å². The Morgan fingerprint density at radius 1 is 0.875 bits per heavy atom. The number of rotatable bonds is 7. The van der Waals surface area contributed by atoms with Crippen LogP contribution >= 0.6 is 0 Å². The molecule has 0 radical (unpaired) electrons. The second kappa shape index (κ2) is 7.98. The van der Waals surface area contributed by atoms with Gasteiger partial charge in [0.1, 0.15) is 0 Å². The molecule has 0 unspecified atom stereocenters. The molecule has 0 amide bonds. The van der Waals surface area contributed by atoms with Gasteiger partial charge in [0.15, 0.2) is 0 Å². The smallest absolute Gasteiger partial charge is 0.0414 e. The van der Waals surface area contributed by atoms with Crippen LogP contribution in [0, 0.1) is 0 Å². The molecule has 2 aromatic rings. The molecule has 0 bridgehead atoms. The van der Waals surface area contributed by atoms with E-state index in [2.05, 4.69) is 61.5 Å². The van der Waals surface area contributed by atoms with Gasteiger partial charge in [0.05, 0.1) is 0 Å². The third kappa shape index (κ3) is 4.23. The zero-order valence-corrected chi connectivity index (χ0v) is 14.2. The van der Waals surface area contributed by atoms with Gasteiger partial charge >= 0.3 is 0 Å². The van der Waals surface area contributed by atoms with Crippen molar-refractivity contribution in [1.29, 1.82) is 0 Å². The highest BCUT2D eigenvalue weighted by Crippen LogP contribution is 2.24. The fraction of sp³-hybridized carbons (Fsp3) is 0.0435. The third-order valence-corrected chi connectivity index (χ3v) is 3.87. The standard InChI is InChI=1S/C23H23N/c1-6-7-10-18(2)19(3)13-14-20(4)24(5)23-16-15-21-11-8-9-12-22(21)17-23/h6-17H,1-4H2,5H3/b10-7-,14-13-. The summed E-state index contributed by atoms with van der Waals surface area (Å²) < 4.78 is 0. The van der Waals surface area contributed by atoms with Gasteiger partial charge in [-0.05, 0) is 40.1 Å². The van der Waals surface area contributed by atoms with Gasteiger partial charge in [0, 0.05) is 18.4 Å². The summed E-state index contributed by atoms with van der Waals surface area (Å²) in [7, 11) is 2.01. The minimum absolute atomic E-state index is 0.848. The molecule has 24 heavy (non-hydrogen) atoms. The molecule has 1 heteroatoms. The Morgan fingerprint density at radius 3 is 2.25 bits per heavy atom. The van der Waals surface area contributed by atoms with E-state index >= 15 is 0 Å². The van der Waals surface area contributed by atoms with Crippen LogP contribution in [-0.2, 0) is 0 Å². The first-order valence-corrected chi connectivity index (χ1v) is 7.79. The predicted octanol–water partition coefficient (Wildman–Crippen LogP) is 6.20. The summed E-state index contributed by atoms with van der Waals surface area (Å²) in [6.07, 6.45) is 9.32. The van der Waals surface area contributed by atoms with Crippen LogP contribution in [0.4, 0.5) is 5.69 Å². The summed E-state index contributed by atoms with van der Waals surface area (Å²) in [5, 5.41) is 2.44. The van der Waals surface area contributed by atoms with Crippen molar-refractivity contribution in [3.63, 3.8) is 0 Å². The van der Waals surface area contributed by atoms with E-state index in [9.17, 15) is 0 Å². The van der Waals surface area contributed by atoms with Crippen molar-refractivity contribution in [2.45, 2.75) is 0 Å². The number of anilines is 1. The largest absolute Gasteiger partial charge is 0.345 e. The fourth-order valence-electron chi connectivity index (χ4n) is 2.26. The lowest BCUT2D eigenvalue weighted by atomic mass is 10.1. The normalized spacial score (nSPS) is 11.0. The van der Waals surface area contributed by atoms with Crippen molar-refractivity contribution in [2.24, 2.45) is 0 Å². The second-order valence-electron chi connectivity index (χ2n) is 5.56. The van der Waals surface area contributed by atoms with Gasteiger partial charge in [-0.1, -0.05) is 81.0 Å². The molecule has 0 heterocycles. The van der Waals surface area contributed by atoms with Crippen molar-refractivity contribution in [3.8, 4) is 0 Å². The van der Waals surface area contributed by atoms with Crippen molar-refractivity contribution < 1.29 is 0 Å². The van der Waals surface area contributed by atoms with Crippen molar-refractivity contribution in [3.05, 3.63) is 116 Å². The highest BCUT2D eigenvalue weighted by molar-refractivity contribution is 5.86. The number of allylic oxidation sites excluding steroid dienone is 7. The monoisotopic (exact) mass is 313 g/mol. The van der Waals surface area contributed by atoms with Gasteiger partial charge in [0.2, 0.25) is 0 Å². The highest BCUT2D eigenvalue weighted by Gasteiger charge is 2.04. The quantitative estimate of drug-likeness (QED) is 0.550. The first kappa shape index (κ1) is 17.3. The summed E-state index contributed by atoms with van der Waals surface area (Å²) in [6.45, 7) is 15.8. The van der Waals surface area contributed by atoms with E-state index in [4.69, 9.17) is 0 Å². The lowest BCUT2D eigenvalue weighted by Crippen LogP contribution is -2.13. The zero-order chi connectivity index (χ0) is 17.5. The third-order valence-electron chi connectivity index (χ3n) is 3.87. The molecule has 0 N–H and O–H groups in total. The molecular weight excluding hydrogens is 290 g/mol. The lowest BCUT2D eigenvalue weighted by molar-refractivity contribution is 1.15. The van der Waals surface area contributed by atoms with Crippen molar-refractivity contribution in [1.82, 2.24) is 0 Å². The SMILES string of the molecule is C=C/C=C\C(=C)C(=C)/C=C\C(=C)N(C)c1ccc2ccccc2c1. The molecule has 0 fully saturated rings. The Balaban J connectivity index is 2.11. The summed E-state index contributed by atoms with van der Waals surface area (Å²) in [4.78, 5) is 2.05. The van der Waals surface area contributed by atoms with Crippen molar-refractivity contribution in [2.75, 3.05) is 11.9 Å². The fourth-order valence-corrected chi connectivity index (χ4v) is 2.26. The van der Waals surface area contributed by atoms with Gasteiger partial charge in [-0.15, -0.1) is 0 Å². The molecule has 2 aromatic carbocycles. The zero-order valence-electron chi connectivity index (χ0n) is 14.2. The molecule has 0 saturated carbocycles. The lowest BCUT2D eigenvalue weighted by Gasteiger charge is -2.20. The number of nitrogens with zero attached hydrogens (tertiary/aromatic N) is 1. The van der Waals surface area contributed by atoms with E-state index in [1.807, 2.05) is 43.5 Å². The van der Waals surface area contributed by atoms with Crippen LogP contribution in [0.1, 0.15) is 0 Å². The summed E-state index contributed by atoms with van der Waals surface area (Å²) in [5.74, 6) is 0. The maximum atomic E-state index is 4.14. The van der Waals surface area contributed by atoms with Gasteiger partial charge in [-0.25, -0.2) is 0 Å². The van der Waals surface area contributed by atoms with Gasteiger partial charge in [0.25, 0.3) is 0 Å². The average Bonchev–Trinajstić information content (AvgIpc) is 2.62. The first-order valence-electron chi connectivity index (χ1n) is 7.79. The van der Waals surface area contributed by atoms with Crippen LogP contribution in [0.3, 0.4) is 0 Å². The molecule has 0 aliphatic rings. The van der Waals surface area contributed by atoms with E-state index in [1.165, 1.54) is 10.8 Å². The van der Waals surface area contributed by atoms with Crippen LogP contribution in [0.5, 0.6) is 0 Å². The molecule has 1 nitrogen and oxygen atoms in total. The maximum Gasteiger partial charge on any atom is 0.0414 e. The van der Waals surface area contributed by atoms with Crippen LogP contribution < -0.4 is 4.90 Å². The first-order chi connectivity index (χ1) is 11.5. The molecule has 0 aliphatic carbocycles. The van der Waals surface area contributed by atoms with Gasteiger partial charge < -0.3 is 4.90 Å². The summed E-state index contributed by atoms with van der Waals surface area (Å²) >= 11 is 0. The number of hydrogen-bond acceptors (Lipinski definition) is 1. The Hall–Kier alpha value is -3.06. The Labute approximate surface area is 144 Å². The molecule has 0 aromatic heterocycles. The maximum absolute atomic E-state index is 4.14. The van der Waals surface area contributed by atoms with Gasteiger partial charge in [-0.3, -0.25) is 0 Å². The number of fused-ring (bicyclic) bond motifs is 1. The second-order valence-corrected chi connectivity index (χ2v) is 5.56. The number of likely N-dealkylation sites (N-methyl/N-ethyl adjacent to an activating group) is 1. The highest BCUT2D eigenvalue weighted by atomic mass is 15.1. The molecule has 0 aliphatic heterocycles. The minimum atomic E-state index is 0.848. The minimum Gasteiger partial charge on any atom is -0.345 e.